The fraction of sp³-hybridized carbons (Fsp3) is 0.261. The van der Waals surface area contributed by atoms with Gasteiger partial charge in [-0.1, -0.05) is 17.7 Å². The second kappa shape index (κ2) is 10.4. The van der Waals surface area contributed by atoms with Gasteiger partial charge in [0, 0.05) is 11.6 Å². The molecule has 0 saturated heterocycles. The van der Waals surface area contributed by atoms with Gasteiger partial charge in [-0.2, -0.15) is 0 Å². The highest BCUT2D eigenvalue weighted by Crippen LogP contribution is 2.38. The number of aliphatic hydroxyl groups is 1. The van der Waals surface area contributed by atoms with E-state index in [-0.39, 0.29) is 48.4 Å². The van der Waals surface area contributed by atoms with Crippen molar-refractivity contribution in [2.45, 2.75) is 19.6 Å². The molecule has 0 fully saturated rings. The van der Waals surface area contributed by atoms with Crippen LogP contribution in [-0.2, 0) is 28.0 Å². The van der Waals surface area contributed by atoms with Gasteiger partial charge in [0.05, 0.1) is 37.2 Å². The van der Waals surface area contributed by atoms with Crippen LogP contribution in [0.15, 0.2) is 47.5 Å². The molecule has 1 N–H and O–H groups in total. The largest absolute Gasteiger partial charge is 0.471 e. The zero-order valence-electron chi connectivity index (χ0n) is 19.4. The van der Waals surface area contributed by atoms with Gasteiger partial charge in [-0.05, 0) is 29.8 Å². The van der Waals surface area contributed by atoms with Crippen molar-refractivity contribution in [3.05, 3.63) is 80.9 Å². The third kappa shape index (κ3) is 5.58. The lowest BCUT2D eigenvalue weighted by atomic mass is 10.1. The van der Waals surface area contributed by atoms with Crippen LogP contribution < -0.4 is 19.5 Å². The molecule has 0 atom stereocenters. The number of carbonyl (C=O) groups excluding carboxylic acids is 1. The second-order valence-electron chi connectivity index (χ2n) is 8.19. The van der Waals surface area contributed by atoms with E-state index >= 15 is 0 Å². The molecule has 1 amide bonds. The lowest BCUT2D eigenvalue weighted by Crippen LogP contribution is -2.38. The Bertz CT molecular complexity index is 1530. The number of rotatable bonds is 8. The average molecular weight is 555 g/mol. The Morgan fingerprint density at radius 1 is 1.19 bits per heavy atom. The summed E-state index contributed by atoms with van der Waals surface area (Å²) in [6.45, 7) is -0.982. The molecule has 14 heteroatoms. The number of sulfonamides is 1. The maximum atomic E-state index is 13.8. The Kier molecular flexibility index (Phi) is 7.48. The van der Waals surface area contributed by atoms with Gasteiger partial charge in [-0.3, -0.25) is 19.1 Å². The monoisotopic (exact) mass is 554 g/mol. The van der Waals surface area contributed by atoms with Gasteiger partial charge in [-0.25, -0.2) is 26.5 Å². The number of halogens is 3. The number of hydrogen-bond acceptors (Lipinski definition) is 7. The molecule has 196 valence electrons. The molecule has 0 bridgehead atoms. The molecule has 3 aromatic rings. The summed E-state index contributed by atoms with van der Waals surface area (Å²) in [6.07, 6.45) is 2.00. The van der Waals surface area contributed by atoms with Crippen molar-refractivity contribution >= 4 is 38.9 Å². The van der Waals surface area contributed by atoms with Gasteiger partial charge in [0.1, 0.15) is 31.2 Å². The van der Waals surface area contributed by atoms with Crippen LogP contribution in [-0.4, -0.2) is 48.5 Å². The third-order valence-corrected chi connectivity index (χ3v) is 7.02. The average Bonchev–Trinajstić information content (AvgIpc) is 3.22. The van der Waals surface area contributed by atoms with E-state index < -0.39 is 39.7 Å². The normalized spacial score (nSPS) is 13.1. The molecule has 2 aromatic carbocycles. The molecule has 0 saturated carbocycles. The molecule has 2 heterocycles. The Morgan fingerprint density at radius 2 is 1.95 bits per heavy atom. The summed E-state index contributed by atoms with van der Waals surface area (Å²) in [5.41, 5.74) is 0.535. The smallest absolute Gasteiger partial charge is 0.276 e. The van der Waals surface area contributed by atoms with E-state index in [0.717, 1.165) is 16.6 Å². The van der Waals surface area contributed by atoms with Crippen LogP contribution >= 0.6 is 11.6 Å². The summed E-state index contributed by atoms with van der Waals surface area (Å²) < 4.78 is 58.9. The molecule has 0 unspecified atom stereocenters. The van der Waals surface area contributed by atoms with Gasteiger partial charge < -0.3 is 9.84 Å². The SMILES string of the molecule is CS(=O)(=O)N1CN(C(=O)CCO)c2cc(Cn3cnc(OCc4ccc(F)cc4F)c(Cl)c3=O)ccc21. The zero-order chi connectivity index (χ0) is 26.9. The Morgan fingerprint density at radius 3 is 2.62 bits per heavy atom. The minimum atomic E-state index is -3.68. The van der Waals surface area contributed by atoms with Crippen LogP contribution in [0.25, 0.3) is 0 Å². The zero-order valence-corrected chi connectivity index (χ0v) is 21.0. The first kappa shape index (κ1) is 26.5. The first-order valence-electron chi connectivity index (χ1n) is 10.8. The van der Waals surface area contributed by atoms with Crippen LogP contribution in [0.4, 0.5) is 20.2 Å². The fourth-order valence-electron chi connectivity index (χ4n) is 3.75. The summed E-state index contributed by atoms with van der Waals surface area (Å²) in [4.78, 5) is 30.6. The first-order chi connectivity index (χ1) is 17.5. The number of amides is 1. The Labute approximate surface area is 215 Å². The molecule has 37 heavy (non-hydrogen) atoms. The third-order valence-electron chi connectivity index (χ3n) is 5.58. The van der Waals surface area contributed by atoms with E-state index in [1.54, 1.807) is 12.1 Å². The molecule has 4 rings (SSSR count). The molecule has 1 aliphatic heterocycles. The summed E-state index contributed by atoms with van der Waals surface area (Å²) in [5.74, 6) is -2.25. The summed E-state index contributed by atoms with van der Waals surface area (Å²) >= 11 is 6.13. The van der Waals surface area contributed by atoms with E-state index in [2.05, 4.69) is 4.98 Å². The summed E-state index contributed by atoms with van der Waals surface area (Å²) in [5, 5.41) is 8.79. The predicted octanol–water partition coefficient (Wildman–Crippen LogP) is 2.25. The van der Waals surface area contributed by atoms with E-state index in [1.165, 1.54) is 27.9 Å². The molecule has 0 spiro atoms. The highest BCUT2D eigenvalue weighted by atomic mass is 35.5. The maximum absolute atomic E-state index is 13.8. The Hall–Kier alpha value is -3.55. The van der Waals surface area contributed by atoms with Crippen LogP contribution in [0.2, 0.25) is 5.02 Å². The van der Waals surface area contributed by atoms with Crippen molar-refractivity contribution in [1.29, 1.82) is 0 Å². The van der Waals surface area contributed by atoms with Gasteiger partial charge in [-0.15, -0.1) is 0 Å². The standard InChI is InChI=1S/C23H21ClF2N4O6S/c1-37(34,35)30-13-29(20(32)6-7-31)19-8-14(2-5-18(19)30)10-28-12-27-22(21(24)23(28)33)36-11-15-3-4-16(25)9-17(15)26/h2-5,8-9,12,31H,6-7,10-11,13H2,1H3. The lowest BCUT2D eigenvalue weighted by molar-refractivity contribution is -0.119. The van der Waals surface area contributed by atoms with E-state index in [4.69, 9.17) is 21.4 Å². The highest BCUT2D eigenvalue weighted by molar-refractivity contribution is 7.92. The first-order valence-corrected chi connectivity index (χ1v) is 13.1. The van der Waals surface area contributed by atoms with Gasteiger partial charge in [0.15, 0.2) is 5.02 Å². The molecule has 0 aliphatic carbocycles. The predicted molar refractivity (Wildman–Crippen MR) is 131 cm³/mol. The highest BCUT2D eigenvalue weighted by Gasteiger charge is 2.34. The molecule has 0 radical (unpaired) electrons. The number of hydrogen-bond donors (Lipinski definition) is 1. The van der Waals surface area contributed by atoms with Crippen molar-refractivity contribution < 1.29 is 31.8 Å². The van der Waals surface area contributed by atoms with Gasteiger partial charge in [0.2, 0.25) is 21.8 Å². The molecule has 1 aromatic heterocycles. The van der Waals surface area contributed by atoms with Crippen molar-refractivity contribution in [3.63, 3.8) is 0 Å². The number of fused-ring (bicyclic) bond motifs is 1. The van der Waals surface area contributed by atoms with Crippen LogP contribution in [0.3, 0.4) is 0 Å². The quantitative estimate of drug-likeness (QED) is 0.453. The molecular weight excluding hydrogens is 534 g/mol. The van der Waals surface area contributed by atoms with Crippen LogP contribution in [0.5, 0.6) is 5.88 Å². The van der Waals surface area contributed by atoms with Gasteiger partial charge in [0.25, 0.3) is 5.56 Å². The summed E-state index contributed by atoms with van der Waals surface area (Å²) in [7, 11) is -3.68. The number of carbonyl (C=O) groups is 1. The van der Waals surface area contributed by atoms with Crippen molar-refractivity contribution in [1.82, 2.24) is 9.55 Å². The number of aromatic nitrogens is 2. The van der Waals surface area contributed by atoms with Crippen LogP contribution in [0, 0.1) is 11.6 Å². The fourth-order valence-corrected chi connectivity index (χ4v) is 4.80. The molecular formula is C23H21ClF2N4O6S. The number of ether oxygens (including phenoxy) is 1. The molecule has 1 aliphatic rings. The number of anilines is 2. The van der Waals surface area contributed by atoms with Crippen molar-refractivity contribution in [2.24, 2.45) is 0 Å². The minimum Gasteiger partial charge on any atom is -0.471 e. The van der Waals surface area contributed by atoms with Crippen molar-refractivity contribution in [2.75, 3.05) is 28.7 Å². The van der Waals surface area contributed by atoms with E-state index in [0.29, 0.717) is 17.3 Å². The summed E-state index contributed by atoms with van der Waals surface area (Å²) in [6, 6.07) is 7.66. The van der Waals surface area contributed by atoms with E-state index in [9.17, 15) is 26.8 Å². The Balaban J connectivity index is 1.58. The lowest BCUT2D eigenvalue weighted by Gasteiger charge is -2.18. The maximum Gasteiger partial charge on any atom is 0.276 e. The van der Waals surface area contributed by atoms with Crippen LogP contribution in [0.1, 0.15) is 17.5 Å². The topological polar surface area (TPSA) is 122 Å². The number of nitrogens with zero attached hydrogens (tertiary/aromatic N) is 4. The minimum absolute atomic E-state index is 0.0212. The second-order valence-corrected chi connectivity index (χ2v) is 10.5. The number of aliphatic hydroxyl groups excluding tert-OH is 1. The number of benzene rings is 2. The molecule has 10 nitrogen and oxygen atoms in total. The van der Waals surface area contributed by atoms with Gasteiger partial charge >= 0.3 is 0 Å². The van der Waals surface area contributed by atoms with Crippen molar-refractivity contribution in [3.8, 4) is 5.88 Å². The van der Waals surface area contributed by atoms with E-state index in [1.807, 2.05) is 0 Å².